The molecule has 3 heteroatoms. The number of ether oxygens (including phenoxy) is 1. The molecule has 15 heavy (non-hydrogen) atoms. The lowest BCUT2D eigenvalue weighted by Crippen LogP contribution is -2.35. The van der Waals surface area contributed by atoms with Crippen molar-refractivity contribution in [1.82, 2.24) is 5.32 Å². The zero-order chi connectivity index (χ0) is 11.1. The second kappa shape index (κ2) is 7.53. The summed E-state index contributed by atoms with van der Waals surface area (Å²) in [6.07, 6.45) is 5.23. The van der Waals surface area contributed by atoms with Crippen LogP contribution in [0, 0.1) is 0 Å². The van der Waals surface area contributed by atoms with Crippen molar-refractivity contribution >= 4 is 11.8 Å². The summed E-state index contributed by atoms with van der Waals surface area (Å²) < 4.78 is 5.09. The number of thioether (sulfide) groups is 1. The molecule has 0 aromatic carbocycles. The highest BCUT2D eigenvalue weighted by Crippen LogP contribution is 2.29. The Labute approximate surface area is 98.5 Å². The lowest BCUT2D eigenvalue weighted by molar-refractivity contribution is 0.182. The number of rotatable bonds is 7. The molecule has 0 heterocycles. The van der Waals surface area contributed by atoms with E-state index in [4.69, 9.17) is 4.74 Å². The standard InChI is InChI=1S/C12H25NOS/c1-4-15-12-6-5-11(9-12)13-10(2)7-8-14-3/h10-13H,4-9H2,1-3H3. The van der Waals surface area contributed by atoms with Crippen molar-refractivity contribution in [3.05, 3.63) is 0 Å². The Morgan fingerprint density at radius 3 is 2.93 bits per heavy atom. The van der Waals surface area contributed by atoms with Gasteiger partial charge in [-0.25, -0.2) is 0 Å². The van der Waals surface area contributed by atoms with Crippen molar-refractivity contribution in [3.8, 4) is 0 Å². The number of hydrogen-bond donors (Lipinski definition) is 1. The predicted molar refractivity (Wildman–Crippen MR) is 68.6 cm³/mol. The normalized spacial score (nSPS) is 28.2. The van der Waals surface area contributed by atoms with Crippen LogP contribution in [0.3, 0.4) is 0 Å². The topological polar surface area (TPSA) is 21.3 Å². The predicted octanol–water partition coefficient (Wildman–Crippen LogP) is 2.68. The van der Waals surface area contributed by atoms with E-state index in [0.29, 0.717) is 6.04 Å². The minimum Gasteiger partial charge on any atom is -0.385 e. The van der Waals surface area contributed by atoms with Crippen molar-refractivity contribution in [3.63, 3.8) is 0 Å². The Morgan fingerprint density at radius 1 is 1.47 bits per heavy atom. The van der Waals surface area contributed by atoms with Crippen LogP contribution in [0.1, 0.15) is 39.5 Å². The molecule has 1 rings (SSSR count). The maximum atomic E-state index is 5.09. The third-order valence-corrected chi connectivity index (χ3v) is 4.29. The largest absolute Gasteiger partial charge is 0.385 e. The summed E-state index contributed by atoms with van der Waals surface area (Å²) >= 11 is 2.12. The smallest absolute Gasteiger partial charge is 0.0476 e. The first-order chi connectivity index (χ1) is 7.26. The first-order valence-electron chi connectivity index (χ1n) is 6.12. The molecule has 1 N–H and O–H groups in total. The number of nitrogens with one attached hydrogen (secondary N) is 1. The van der Waals surface area contributed by atoms with Gasteiger partial charge in [0.1, 0.15) is 0 Å². The zero-order valence-corrected chi connectivity index (χ0v) is 11.1. The van der Waals surface area contributed by atoms with E-state index in [2.05, 4.69) is 30.9 Å². The lowest BCUT2D eigenvalue weighted by atomic mass is 10.2. The molecule has 1 aliphatic carbocycles. The van der Waals surface area contributed by atoms with E-state index < -0.39 is 0 Å². The fourth-order valence-electron chi connectivity index (χ4n) is 2.26. The van der Waals surface area contributed by atoms with Gasteiger partial charge in [0.2, 0.25) is 0 Å². The molecule has 0 spiro atoms. The van der Waals surface area contributed by atoms with Crippen molar-refractivity contribution in [2.24, 2.45) is 0 Å². The summed E-state index contributed by atoms with van der Waals surface area (Å²) in [5.74, 6) is 1.26. The average molecular weight is 231 g/mol. The molecule has 1 fully saturated rings. The summed E-state index contributed by atoms with van der Waals surface area (Å²) in [7, 11) is 1.77. The minimum atomic E-state index is 0.598. The second-order valence-electron chi connectivity index (χ2n) is 4.44. The second-order valence-corrected chi connectivity index (χ2v) is 6.01. The molecule has 0 aromatic rings. The molecule has 0 aliphatic heterocycles. The van der Waals surface area contributed by atoms with E-state index in [9.17, 15) is 0 Å². The molecule has 1 aliphatic rings. The molecule has 90 valence electrons. The Hall–Kier alpha value is 0.270. The van der Waals surface area contributed by atoms with Gasteiger partial charge in [0.25, 0.3) is 0 Å². The van der Waals surface area contributed by atoms with Gasteiger partial charge in [-0.05, 0) is 38.4 Å². The number of methoxy groups -OCH3 is 1. The maximum absolute atomic E-state index is 5.09. The van der Waals surface area contributed by atoms with E-state index in [0.717, 1.165) is 24.3 Å². The molecule has 0 amide bonds. The summed E-state index contributed by atoms with van der Waals surface area (Å²) in [5.41, 5.74) is 0. The van der Waals surface area contributed by atoms with Crippen LogP contribution in [0.2, 0.25) is 0 Å². The lowest BCUT2D eigenvalue weighted by Gasteiger charge is -2.19. The Kier molecular flexibility index (Phi) is 6.69. The fraction of sp³-hybridized carbons (Fsp3) is 1.00. The first-order valence-corrected chi connectivity index (χ1v) is 7.17. The molecule has 0 saturated heterocycles. The van der Waals surface area contributed by atoms with Crippen molar-refractivity contribution in [1.29, 1.82) is 0 Å². The third kappa shape index (κ3) is 5.23. The van der Waals surface area contributed by atoms with E-state index in [-0.39, 0.29) is 0 Å². The Balaban J connectivity index is 2.12. The van der Waals surface area contributed by atoms with Gasteiger partial charge >= 0.3 is 0 Å². The monoisotopic (exact) mass is 231 g/mol. The van der Waals surface area contributed by atoms with Gasteiger partial charge in [0.15, 0.2) is 0 Å². The fourth-order valence-corrected chi connectivity index (χ4v) is 3.40. The first kappa shape index (κ1) is 13.3. The zero-order valence-electron chi connectivity index (χ0n) is 10.3. The molecule has 3 atom stereocenters. The Morgan fingerprint density at radius 2 is 2.27 bits per heavy atom. The summed E-state index contributed by atoms with van der Waals surface area (Å²) in [4.78, 5) is 0. The molecule has 1 saturated carbocycles. The summed E-state index contributed by atoms with van der Waals surface area (Å²) in [6, 6.07) is 1.35. The van der Waals surface area contributed by atoms with Crippen LogP contribution < -0.4 is 5.32 Å². The molecule has 3 unspecified atom stereocenters. The van der Waals surface area contributed by atoms with E-state index in [1.165, 1.54) is 25.0 Å². The number of hydrogen-bond acceptors (Lipinski definition) is 3. The van der Waals surface area contributed by atoms with Crippen molar-refractivity contribution in [2.75, 3.05) is 19.5 Å². The summed E-state index contributed by atoms with van der Waals surface area (Å²) in [5, 5.41) is 4.61. The van der Waals surface area contributed by atoms with Gasteiger partial charge in [-0.1, -0.05) is 6.92 Å². The van der Waals surface area contributed by atoms with Gasteiger partial charge in [0.05, 0.1) is 0 Å². The van der Waals surface area contributed by atoms with E-state index >= 15 is 0 Å². The third-order valence-electron chi connectivity index (χ3n) is 3.06. The van der Waals surface area contributed by atoms with Gasteiger partial charge in [0, 0.05) is 31.1 Å². The van der Waals surface area contributed by atoms with Crippen LogP contribution >= 0.6 is 11.8 Å². The maximum Gasteiger partial charge on any atom is 0.0476 e. The Bertz CT molecular complexity index is 166. The van der Waals surface area contributed by atoms with Crippen LogP contribution in [0.15, 0.2) is 0 Å². The molecule has 0 radical (unpaired) electrons. The van der Waals surface area contributed by atoms with Crippen LogP contribution in [0.5, 0.6) is 0 Å². The molecular weight excluding hydrogens is 206 g/mol. The molecule has 2 nitrogen and oxygen atoms in total. The van der Waals surface area contributed by atoms with Crippen molar-refractivity contribution < 1.29 is 4.74 Å². The molecule has 0 bridgehead atoms. The SMILES string of the molecule is CCSC1CCC(NC(C)CCOC)C1. The minimum absolute atomic E-state index is 0.598. The van der Waals surface area contributed by atoms with Crippen LogP contribution in [-0.4, -0.2) is 36.8 Å². The molecular formula is C12H25NOS. The van der Waals surface area contributed by atoms with Gasteiger partial charge in [-0.3, -0.25) is 0 Å². The van der Waals surface area contributed by atoms with Crippen LogP contribution in [-0.2, 0) is 4.74 Å². The molecule has 0 aromatic heterocycles. The van der Waals surface area contributed by atoms with Gasteiger partial charge in [-0.2, -0.15) is 11.8 Å². The summed E-state index contributed by atoms with van der Waals surface area (Å²) in [6.45, 7) is 5.39. The van der Waals surface area contributed by atoms with Gasteiger partial charge < -0.3 is 10.1 Å². The highest BCUT2D eigenvalue weighted by atomic mass is 32.2. The van der Waals surface area contributed by atoms with Crippen LogP contribution in [0.25, 0.3) is 0 Å². The highest BCUT2D eigenvalue weighted by Gasteiger charge is 2.24. The highest BCUT2D eigenvalue weighted by molar-refractivity contribution is 7.99. The van der Waals surface area contributed by atoms with Gasteiger partial charge in [-0.15, -0.1) is 0 Å². The average Bonchev–Trinajstić information content (AvgIpc) is 2.63. The van der Waals surface area contributed by atoms with Crippen LogP contribution in [0.4, 0.5) is 0 Å². The quantitative estimate of drug-likeness (QED) is 0.728. The van der Waals surface area contributed by atoms with E-state index in [1.54, 1.807) is 7.11 Å². The van der Waals surface area contributed by atoms with Crippen molar-refractivity contribution in [2.45, 2.75) is 56.9 Å². The van der Waals surface area contributed by atoms with E-state index in [1.807, 2.05) is 0 Å².